The van der Waals surface area contributed by atoms with E-state index in [1.165, 1.54) is 11.1 Å². The summed E-state index contributed by atoms with van der Waals surface area (Å²) in [4.78, 5) is 13.9. The van der Waals surface area contributed by atoms with Crippen LogP contribution in [0.5, 0.6) is 5.75 Å². The van der Waals surface area contributed by atoms with Crippen molar-refractivity contribution in [2.75, 3.05) is 27.2 Å². The number of hydrogen-bond acceptors (Lipinski definition) is 3. The number of carbonyl (C=O) groups excluding carboxylic acids is 1. The van der Waals surface area contributed by atoms with Gasteiger partial charge in [0.05, 0.1) is 0 Å². The molecule has 0 aromatic heterocycles. The second-order valence-electron chi connectivity index (χ2n) is 5.80. The van der Waals surface area contributed by atoms with Crippen LogP contribution in [0.25, 0.3) is 0 Å². The van der Waals surface area contributed by atoms with E-state index in [1.54, 1.807) is 18.9 Å². The fraction of sp³-hybridized carbons (Fsp3) is 0.588. The van der Waals surface area contributed by atoms with Crippen LogP contribution in [0.4, 0.5) is 0 Å². The van der Waals surface area contributed by atoms with Crippen molar-refractivity contribution in [1.29, 1.82) is 0 Å². The largest absolute Gasteiger partial charge is 0.481 e. The number of rotatable bonds is 7. The standard InChI is InChI=1S/C17H28N2O2/c1-12(2)16-8-7-15(11-13(16)3)21-14(4)17(20)19(6)10-9-18-5/h7-8,11-12,14,18H,9-10H2,1-6H3. The molecule has 0 aliphatic rings. The van der Waals surface area contributed by atoms with Crippen molar-refractivity contribution in [2.45, 2.75) is 39.7 Å². The molecule has 0 saturated carbocycles. The Balaban J connectivity index is 2.68. The van der Waals surface area contributed by atoms with Gasteiger partial charge >= 0.3 is 0 Å². The summed E-state index contributed by atoms with van der Waals surface area (Å²) in [6.07, 6.45) is -0.476. The van der Waals surface area contributed by atoms with Crippen LogP contribution in [-0.2, 0) is 4.79 Å². The van der Waals surface area contributed by atoms with E-state index in [4.69, 9.17) is 4.74 Å². The Kier molecular flexibility index (Phi) is 6.69. The molecular formula is C17H28N2O2. The van der Waals surface area contributed by atoms with Gasteiger partial charge in [0.1, 0.15) is 5.75 Å². The minimum Gasteiger partial charge on any atom is -0.481 e. The molecule has 0 heterocycles. The van der Waals surface area contributed by atoms with Gasteiger partial charge in [0.15, 0.2) is 6.10 Å². The molecule has 1 amide bonds. The van der Waals surface area contributed by atoms with Gasteiger partial charge < -0.3 is 15.0 Å². The van der Waals surface area contributed by atoms with Gasteiger partial charge in [0, 0.05) is 20.1 Å². The Morgan fingerprint density at radius 3 is 2.52 bits per heavy atom. The molecule has 1 aromatic rings. The Morgan fingerprint density at radius 2 is 2.00 bits per heavy atom. The highest BCUT2D eigenvalue weighted by Gasteiger charge is 2.19. The maximum Gasteiger partial charge on any atom is 0.263 e. The summed E-state index contributed by atoms with van der Waals surface area (Å²) >= 11 is 0. The van der Waals surface area contributed by atoms with Crippen LogP contribution in [0, 0.1) is 6.92 Å². The molecule has 1 rings (SSSR count). The van der Waals surface area contributed by atoms with Crippen LogP contribution in [0.3, 0.4) is 0 Å². The van der Waals surface area contributed by atoms with Crippen LogP contribution < -0.4 is 10.1 Å². The molecule has 1 atom stereocenters. The molecule has 1 aromatic carbocycles. The Bertz CT molecular complexity index is 472. The predicted molar refractivity (Wildman–Crippen MR) is 86.9 cm³/mol. The first kappa shape index (κ1) is 17.5. The van der Waals surface area contributed by atoms with E-state index < -0.39 is 6.10 Å². The van der Waals surface area contributed by atoms with Gasteiger partial charge in [-0.3, -0.25) is 4.79 Å². The van der Waals surface area contributed by atoms with Crippen LogP contribution in [0.2, 0.25) is 0 Å². The van der Waals surface area contributed by atoms with Crippen molar-refractivity contribution in [2.24, 2.45) is 0 Å². The fourth-order valence-corrected chi connectivity index (χ4v) is 2.32. The Hall–Kier alpha value is -1.55. The third kappa shape index (κ3) is 5.05. The average Bonchev–Trinajstić information content (AvgIpc) is 2.43. The monoisotopic (exact) mass is 292 g/mol. The number of nitrogens with zero attached hydrogens (tertiary/aromatic N) is 1. The topological polar surface area (TPSA) is 41.6 Å². The summed E-state index contributed by atoms with van der Waals surface area (Å²) in [5.41, 5.74) is 2.51. The lowest BCUT2D eigenvalue weighted by atomic mass is 9.98. The average molecular weight is 292 g/mol. The summed E-state index contributed by atoms with van der Waals surface area (Å²) in [7, 11) is 3.67. The number of hydrogen-bond donors (Lipinski definition) is 1. The Morgan fingerprint density at radius 1 is 1.33 bits per heavy atom. The van der Waals surface area contributed by atoms with E-state index in [0.29, 0.717) is 12.5 Å². The second kappa shape index (κ2) is 8.03. The molecule has 0 aliphatic heterocycles. The van der Waals surface area contributed by atoms with E-state index in [1.807, 2.05) is 19.2 Å². The van der Waals surface area contributed by atoms with Crippen LogP contribution >= 0.6 is 0 Å². The number of nitrogens with one attached hydrogen (secondary N) is 1. The quantitative estimate of drug-likeness (QED) is 0.840. The van der Waals surface area contributed by atoms with Gasteiger partial charge in [-0.1, -0.05) is 19.9 Å². The number of amides is 1. The summed E-state index contributed by atoms with van der Waals surface area (Å²) in [5, 5.41) is 3.03. The van der Waals surface area contributed by atoms with Crippen molar-refractivity contribution < 1.29 is 9.53 Å². The molecule has 4 heteroatoms. The van der Waals surface area contributed by atoms with Crippen LogP contribution in [0.1, 0.15) is 37.8 Å². The molecular weight excluding hydrogens is 264 g/mol. The van der Waals surface area contributed by atoms with Gasteiger partial charge in [-0.05, 0) is 50.1 Å². The third-order valence-electron chi connectivity index (χ3n) is 3.60. The number of ether oxygens (including phenoxy) is 1. The van der Waals surface area contributed by atoms with E-state index in [9.17, 15) is 4.79 Å². The summed E-state index contributed by atoms with van der Waals surface area (Å²) in [5.74, 6) is 1.24. The zero-order valence-corrected chi connectivity index (χ0v) is 14.1. The minimum atomic E-state index is -0.476. The number of aryl methyl sites for hydroxylation is 1. The van der Waals surface area contributed by atoms with E-state index in [2.05, 4.69) is 32.2 Å². The first-order valence-corrected chi connectivity index (χ1v) is 7.53. The lowest BCUT2D eigenvalue weighted by Crippen LogP contribution is -2.40. The molecule has 21 heavy (non-hydrogen) atoms. The van der Waals surface area contributed by atoms with Gasteiger partial charge in [0.2, 0.25) is 0 Å². The van der Waals surface area contributed by atoms with Crippen molar-refractivity contribution in [1.82, 2.24) is 10.2 Å². The lowest BCUT2D eigenvalue weighted by molar-refractivity contribution is -0.136. The smallest absolute Gasteiger partial charge is 0.263 e. The minimum absolute atomic E-state index is 0.00385. The highest BCUT2D eigenvalue weighted by atomic mass is 16.5. The lowest BCUT2D eigenvalue weighted by Gasteiger charge is -2.22. The van der Waals surface area contributed by atoms with Crippen LogP contribution in [0.15, 0.2) is 18.2 Å². The molecule has 0 fully saturated rings. The maximum absolute atomic E-state index is 12.2. The second-order valence-corrected chi connectivity index (χ2v) is 5.80. The SMILES string of the molecule is CNCCN(C)C(=O)C(C)Oc1ccc(C(C)C)c(C)c1. The van der Waals surface area contributed by atoms with Crippen LogP contribution in [-0.4, -0.2) is 44.1 Å². The molecule has 0 bridgehead atoms. The fourth-order valence-electron chi connectivity index (χ4n) is 2.32. The van der Waals surface area contributed by atoms with Gasteiger partial charge in [-0.15, -0.1) is 0 Å². The van der Waals surface area contributed by atoms with Crippen molar-refractivity contribution in [3.05, 3.63) is 29.3 Å². The zero-order chi connectivity index (χ0) is 16.0. The maximum atomic E-state index is 12.2. The molecule has 4 nitrogen and oxygen atoms in total. The summed E-state index contributed by atoms with van der Waals surface area (Å²) in [6.45, 7) is 9.67. The number of benzene rings is 1. The summed E-state index contributed by atoms with van der Waals surface area (Å²) in [6, 6.07) is 6.03. The molecule has 0 radical (unpaired) electrons. The predicted octanol–water partition coefficient (Wildman–Crippen LogP) is 2.56. The van der Waals surface area contributed by atoms with E-state index in [0.717, 1.165) is 12.3 Å². The van der Waals surface area contributed by atoms with Crippen molar-refractivity contribution in [3.63, 3.8) is 0 Å². The normalized spacial score (nSPS) is 12.3. The number of carbonyl (C=O) groups is 1. The molecule has 1 unspecified atom stereocenters. The number of likely N-dealkylation sites (N-methyl/N-ethyl adjacent to an activating group) is 2. The Labute approximate surface area is 128 Å². The first-order valence-electron chi connectivity index (χ1n) is 7.53. The molecule has 0 aliphatic carbocycles. The molecule has 1 N–H and O–H groups in total. The van der Waals surface area contributed by atoms with Gasteiger partial charge in [-0.2, -0.15) is 0 Å². The van der Waals surface area contributed by atoms with Crippen molar-refractivity contribution >= 4 is 5.91 Å². The molecule has 0 saturated heterocycles. The van der Waals surface area contributed by atoms with Gasteiger partial charge in [-0.25, -0.2) is 0 Å². The molecule has 118 valence electrons. The third-order valence-corrected chi connectivity index (χ3v) is 3.60. The van der Waals surface area contributed by atoms with Crippen molar-refractivity contribution in [3.8, 4) is 5.75 Å². The first-order chi connectivity index (χ1) is 9.86. The highest BCUT2D eigenvalue weighted by Crippen LogP contribution is 2.24. The van der Waals surface area contributed by atoms with E-state index in [-0.39, 0.29) is 5.91 Å². The zero-order valence-electron chi connectivity index (χ0n) is 14.1. The molecule has 0 spiro atoms. The van der Waals surface area contributed by atoms with E-state index >= 15 is 0 Å². The summed E-state index contributed by atoms with van der Waals surface area (Å²) < 4.78 is 5.78. The highest BCUT2D eigenvalue weighted by molar-refractivity contribution is 5.80. The van der Waals surface area contributed by atoms with Gasteiger partial charge in [0.25, 0.3) is 5.91 Å².